The molecular weight excluding hydrogens is 366 g/mol. The van der Waals surface area contributed by atoms with Crippen LogP contribution in [0, 0.1) is 5.92 Å². The van der Waals surface area contributed by atoms with Gasteiger partial charge in [0.1, 0.15) is 0 Å². The first-order valence-corrected chi connectivity index (χ1v) is 10.9. The number of sulfonamides is 1. The molecule has 146 valence electrons. The number of carbonyl (C=O) groups excluding carboxylic acids is 2. The molecule has 0 saturated carbocycles. The number of hydrogen-bond acceptors (Lipinski definition) is 4. The van der Waals surface area contributed by atoms with E-state index in [-0.39, 0.29) is 24.3 Å². The number of fused-ring (bicyclic) bond motifs is 1. The van der Waals surface area contributed by atoms with Crippen LogP contribution < -0.4 is 4.31 Å². The van der Waals surface area contributed by atoms with E-state index in [1.54, 1.807) is 21.9 Å². The predicted molar refractivity (Wildman–Crippen MR) is 104 cm³/mol. The topological polar surface area (TPSA) is 78.0 Å². The summed E-state index contributed by atoms with van der Waals surface area (Å²) in [5.41, 5.74) is 1.44. The van der Waals surface area contributed by atoms with Crippen molar-refractivity contribution in [2.75, 3.05) is 36.7 Å². The summed E-state index contributed by atoms with van der Waals surface area (Å²) in [6.45, 7) is 5.46. The van der Waals surface area contributed by atoms with Crippen LogP contribution in [0.5, 0.6) is 0 Å². The number of likely N-dealkylation sites (tertiary alicyclic amines) is 1. The number of nitrogens with zero attached hydrogens (tertiary/aromatic N) is 3. The molecule has 3 rings (SSSR count). The molecule has 0 aromatic heterocycles. The largest absolute Gasteiger partial charge is 0.338 e. The molecule has 1 saturated heterocycles. The highest BCUT2D eigenvalue weighted by Gasteiger charge is 2.33. The molecular formula is C19H25N3O4S. The van der Waals surface area contributed by atoms with Gasteiger partial charge in [-0.25, -0.2) is 8.42 Å². The summed E-state index contributed by atoms with van der Waals surface area (Å²) in [6.07, 6.45) is 3.96. The molecule has 1 unspecified atom stereocenters. The third-order valence-corrected chi connectivity index (χ3v) is 6.34. The molecule has 2 aliphatic heterocycles. The van der Waals surface area contributed by atoms with E-state index in [1.165, 1.54) is 16.6 Å². The number of anilines is 1. The highest BCUT2D eigenvalue weighted by atomic mass is 32.2. The van der Waals surface area contributed by atoms with Gasteiger partial charge in [0.15, 0.2) is 0 Å². The van der Waals surface area contributed by atoms with E-state index in [4.69, 9.17) is 0 Å². The monoisotopic (exact) mass is 391 g/mol. The van der Waals surface area contributed by atoms with Gasteiger partial charge >= 0.3 is 0 Å². The third kappa shape index (κ3) is 4.16. The summed E-state index contributed by atoms with van der Waals surface area (Å²) < 4.78 is 25.8. The Morgan fingerprint density at radius 2 is 1.89 bits per heavy atom. The van der Waals surface area contributed by atoms with E-state index in [0.29, 0.717) is 31.9 Å². The minimum absolute atomic E-state index is 0.0262. The van der Waals surface area contributed by atoms with Crippen molar-refractivity contribution in [2.45, 2.75) is 19.4 Å². The van der Waals surface area contributed by atoms with Crippen LogP contribution in [-0.4, -0.2) is 62.5 Å². The second-order valence-corrected chi connectivity index (χ2v) is 8.96. The van der Waals surface area contributed by atoms with Crippen molar-refractivity contribution >= 4 is 27.5 Å². The zero-order valence-electron chi connectivity index (χ0n) is 15.5. The lowest BCUT2D eigenvalue weighted by Gasteiger charge is -2.34. The smallest absolute Gasteiger partial charge is 0.245 e. The quantitative estimate of drug-likeness (QED) is 0.726. The molecule has 2 aliphatic rings. The highest BCUT2D eigenvalue weighted by Crippen LogP contribution is 2.28. The van der Waals surface area contributed by atoms with Gasteiger partial charge in [-0.2, -0.15) is 0 Å². The van der Waals surface area contributed by atoms with E-state index < -0.39 is 10.0 Å². The van der Waals surface area contributed by atoms with E-state index in [1.807, 2.05) is 12.1 Å². The first-order chi connectivity index (χ1) is 12.8. The van der Waals surface area contributed by atoms with Crippen molar-refractivity contribution in [1.29, 1.82) is 0 Å². The van der Waals surface area contributed by atoms with Gasteiger partial charge in [-0.3, -0.25) is 13.9 Å². The third-order valence-electron chi connectivity index (χ3n) is 5.16. The Balaban J connectivity index is 1.81. The number of benzene rings is 1. The minimum Gasteiger partial charge on any atom is -0.338 e. The number of para-hydroxylation sites is 1. The molecule has 2 heterocycles. The van der Waals surface area contributed by atoms with Gasteiger partial charge in [0.25, 0.3) is 0 Å². The fraction of sp³-hybridized carbons (Fsp3) is 0.474. The SMILES string of the molecule is C=CC(=O)N1CCCC(C(=O)N2CCN(S(C)(=O)=O)c3ccccc3C2)C1. The van der Waals surface area contributed by atoms with Gasteiger partial charge in [0, 0.05) is 26.2 Å². The maximum Gasteiger partial charge on any atom is 0.245 e. The summed E-state index contributed by atoms with van der Waals surface area (Å²) >= 11 is 0. The van der Waals surface area contributed by atoms with Gasteiger partial charge in [-0.1, -0.05) is 24.8 Å². The van der Waals surface area contributed by atoms with Crippen molar-refractivity contribution < 1.29 is 18.0 Å². The molecule has 1 atom stereocenters. The fourth-order valence-corrected chi connectivity index (χ4v) is 4.75. The molecule has 1 aromatic carbocycles. The molecule has 7 nitrogen and oxygen atoms in total. The lowest BCUT2D eigenvalue weighted by Crippen LogP contribution is -2.47. The number of amides is 2. The molecule has 0 aliphatic carbocycles. The second kappa shape index (κ2) is 7.72. The Kier molecular flexibility index (Phi) is 5.55. The van der Waals surface area contributed by atoms with E-state index in [2.05, 4.69) is 6.58 Å². The summed E-state index contributed by atoms with van der Waals surface area (Å²) in [4.78, 5) is 28.4. The summed E-state index contributed by atoms with van der Waals surface area (Å²) in [5, 5.41) is 0. The van der Waals surface area contributed by atoms with Gasteiger partial charge in [0.05, 0.1) is 24.4 Å². The van der Waals surface area contributed by atoms with Crippen molar-refractivity contribution in [1.82, 2.24) is 9.80 Å². The molecule has 27 heavy (non-hydrogen) atoms. The highest BCUT2D eigenvalue weighted by molar-refractivity contribution is 7.92. The number of rotatable bonds is 3. The number of hydrogen-bond donors (Lipinski definition) is 0. The second-order valence-electron chi connectivity index (χ2n) is 7.05. The molecule has 0 bridgehead atoms. The Hall–Kier alpha value is -2.35. The maximum atomic E-state index is 13.1. The molecule has 8 heteroatoms. The normalized spacial score (nSPS) is 20.6. The van der Waals surface area contributed by atoms with Crippen LogP contribution in [0.4, 0.5) is 5.69 Å². The van der Waals surface area contributed by atoms with Crippen LogP contribution in [0.15, 0.2) is 36.9 Å². The van der Waals surface area contributed by atoms with Crippen LogP contribution >= 0.6 is 0 Å². The molecule has 0 radical (unpaired) electrons. The Labute approximate surface area is 160 Å². The van der Waals surface area contributed by atoms with E-state index in [9.17, 15) is 18.0 Å². The fourth-order valence-electron chi connectivity index (χ4n) is 3.80. The Morgan fingerprint density at radius 1 is 1.15 bits per heavy atom. The van der Waals surface area contributed by atoms with Crippen molar-refractivity contribution in [3.63, 3.8) is 0 Å². The molecule has 2 amide bonds. The van der Waals surface area contributed by atoms with Gasteiger partial charge in [-0.15, -0.1) is 0 Å². The van der Waals surface area contributed by atoms with Crippen LogP contribution in [0.25, 0.3) is 0 Å². The molecule has 0 spiro atoms. The molecule has 1 fully saturated rings. The van der Waals surface area contributed by atoms with E-state index >= 15 is 0 Å². The average molecular weight is 391 g/mol. The molecule has 0 N–H and O–H groups in total. The van der Waals surface area contributed by atoms with Gasteiger partial charge in [-0.05, 0) is 30.5 Å². The summed E-state index contributed by atoms with van der Waals surface area (Å²) in [6, 6.07) is 7.27. The maximum absolute atomic E-state index is 13.1. The number of piperidine rings is 1. The van der Waals surface area contributed by atoms with Gasteiger partial charge in [0.2, 0.25) is 21.8 Å². The van der Waals surface area contributed by atoms with Crippen molar-refractivity contribution in [2.24, 2.45) is 5.92 Å². The van der Waals surface area contributed by atoms with Crippen molar-refractivity contribution in [3.05, 3.63) is 42.5 Å². The zero-order chi connectivity index (χ0) is 19.6. The van der Waals surface area contributed by atoms with Crippen LogP contribution in [-0.2, 0) is 26.2 Å². The summed E-state index contributed by atoms with van der Waals surface area (Å²) in [7, 11) is -3.43. The minimum atomic E-state index is -3.43. The lowest BCUT2D eigenvalue weighted by molar-refractivity contribution is -0.139. The first kappa shape index (κ1) is 19.4. The van der Waals surface area contributed by atoms with Gasteiger partial charge < -0.3 is 9.80 Å². The Morgan fingerprint density at radius 3 is 2.59 bits per heavy atom. The summed E-state index contributed by atoms with van der Waals surface area (Å²) in [5.74, 6) is -0.446. The van der Waals surface area contributed by atoms with Crippen LogP contribution in [0.2, 0.25) is 0 Å². The lowest BCUT2D eigenvalue weighted by atomic mass is 9.96. The predicted octanol–water partition coefficient (Wildman–Crippen LogP) is 1.22. The number of carbonyl (C=O) groups is 2. The standard InChI is InChI=1S/C19H25N3O4S/c1-3-18(23)20-10-6-8-16(14-20)19(24)21-11-12-22(27(2,25)26)17-9-5-4-7-15(17)13-21/h3-5,7,9,16H,1,6,8,10-14H2,2H3. The van der Waals surface area contributed by atoms with Crippen LogP contribution in [0.3, 0.4) is 0 Å². The van der Waals surface area contributed by atoms with Crippen molar-refractivity contribution in [3.8, 4) is 0 Å². The van der Waals surface area contributed by atoms with Crippen LogP contribution in [0.1, 0.15) is 18.4 Å². The first-order valence-electron chi connectivity index (χ1n) is 9.07. The molecule has 1 aromatic rings. The zero-order valence-corrected chi connectivity index (χ0v) is 16.3. The average Bonchev–Trinajstić information content (AvgIpc) is 2.86. The Bertz CT molecular complexity index is 852. The van der Waals surface area contributed by atoms with E-state index in [0.717, 1.165) is 18.4 Å².